The van der Waals surface area contributed by atoms with Crippen molar-refractivity contribution in [1.29, 1.82) is 0 Å². The van der Waals surface area contributed by atoms with Gasteiger partial charge in [-0.25, -0.2) is 4.98 Å². The van der Waals surface area contributed by atoms with Crippen LogP contribution in [0, 0.1) is 0 Å². The number of imidazole rings is 1. The minimum Gasteiger partial charge on any atom is -0.397 e. The molecular weight excluding hydrogens is 240 g/mol. The molecule has 19 heavy (non-hydrogen) atoms. The number of aryl methyl sites for hydroxylation is 1. The summed E-state index contributed by atoms with van der Waals surface area (Å²) in [6, 6.07) is 7.22. The van der Waals surface area contributed by atoms with E-state index in [1.54, 1.807) is 18.3 Å². The Kier molecular flexibility index (Phi) is 4.18. The van der Waals surface area contributed by atoms with Crippen LogP contribution in [0.25, 0.3) is 0 Å². The molecule has 3 N–H and O–H groups in total. The summed E-state index contributed by atoms with van der Waals surface area (Å²) in [4.78, 5) is 16.2. The zero-order chi connectivity index (χ0) is 13.7. The molecule has 0 radical (unpaired) electrons. The number of nitrogens with zero attached hydrogens (tertiary/aromatic N) is 2. The Bertz CT molecular complexity index is 562. The van der Waals surface area contributed by atoms with Crippen molar-refractivity contribution in [2.75, 3.05) is 11.1 Å². The van der Waals surface area contributed by atoms with Crippen LogP contribution in [0.3, 0.4) is 0 Å². The van der Waals surface area contributed by atoms with Gasteiger partial charge in [-0.15, -0.1) is 0 Å². The average molecular weight is 258 g/mol. The van der Waals surface area contributed by atoms with Crippen molar-refractivity contribution in [3.8, 4) is 0 Å². The van der Waals surface area contributed by atoms with Gasteiger partial charge in [-0.2, -0.15) is 0 Å². The molecule has 1 amide bonds. The Labute approximate surface area is 112 Å². The molecule has 0 atom stereocenters. The third kappa shape index (κ3) is 3.34. The maximum Gasteiger partial charge on any atom is 0.244 e. The van der Waals surface area contributed by atoms with Crippen molar-refractivity contribution in [2.24, 2.45) is 0 Å². The number of carbonyl (C=O) groups excluding carboxylic acids is 1. The number of nitrogens with two attached hydrogens (primary N) is 1. The van der Waals surface area contributed by atoms with E-state index in [1.165, 1.54) is 0 Å². The maximum absolute atomic E-state index is 12.0. The minimum absolute atomic E-state index is 0.103. The molecule has 1 aromatic heterocycles. The molecule has 0 fully saturated rings. The molecule has 1 aromatic carbocycles. The van der Waals surface area contributed by atoms with Crippen molar-refractivity contribution in [2.45, 2.75) is 26.3 Å². The molecular formula is C14H18N4O. The first-order valence-corrected chi connectivity index (χ1v) is 6.35. The van der Waals surface area contributed by atoms with Crippen LogP contribution in [0.5, 0.6) is 0 Å². The highest BCUT2D eigenvalue weighted by Crippen LogP contribution is 2.16. The summed E-state index contributed by atoms with van der Waals surface area (Å²) in [6.45, 7) is 2.34. The van der Waals surface area contributed by atoms with Gasteiger partial charge in [-0.1, -0.05) is 19.1 Å². The van der Waals surface area contributed by atoms with Gasteiger partial charge < -0.3 is 15.6 Å². The van der Waals surface area contributed by atoms with Gasteiger partial charge in [-0.05, 0) is 18.6 Å². The van der Waals surface area contributed by atoms with E-state index in [-0.39, 0.29) is 12.5 Å². The Morgan fingerprint density at radius 1 is 1.42 bits per heavy atom. The fraction of sp³-hybridized carbons (Fsp3) is 0.286. The summed E-state index contributed by atoms with van der Waals surface area (Å²) in [5.74, 6) is 0.826. The van der Waals surface area contributed by atoms with E-state index >= 15 is 0 Å². The topological polar surface area (TPSA) is 72.9 Å². The zero-order valence-corrected chi connectivity index (χ0v) is 11.0. The van der Waals surface area contributed by atoms with Crippen LogP contribution in [0.1, 0.15) is 19.2 Å². The van der Waals surface area contributed by atoms with E-state index in [0.29, 0.717) is 11.4 Å². The summed E-state index contributed by atoms with van der Waals surface area (Å²) in [7, 11) is 0. The molecule has 2 aromatic rings. The maximum atomic E-state index is 12.0. The van der Waals surface area contributed by atoms with Crippen LogP contribution in [-0.4, -0.2) is 15.5 Å². The highest BCUT2D eigenvalue weighted by molar-refractivity contribution is 5.93. The Hall–Kier alpha value is -2.30. The number of hydrogen-bond acceptors (Lipinski definition) is 3. The molecule has 0 saturated heterocycles. The second-order valence-electron chi connectivity index (χ2n) is 4.36. The second kappa shape index (κ2) is 6.04. The first kappa shape index (κ1) is 13.1. The molecule has 2 rings (SSSR count). The Morgan fingerprint density at radius 2 is 2.21 bits per heavy atom. The SMILES string of the molecule is CCCc1nccn1CC(=O)Nc1ccccc1N. The van der Waals surface area contributed by atoms with Gasteiger partial charge in [0.2, 0.25) is 5.91 Å². The van der Waals surface area contributed by atoms with E-state index in [4.69, 9.17) is 5.73 Å². The number of anilines is 2. The van der Waals surface area contributed by atoms with Crippen LogP contribution in [0.4, 0.5) is 11.4 Å². The highest BCUT2D eigenvalue weighted by atomic mass is 16.1. The number of rotatable bonds is 5. The van der Waals surface area contributed by atoms with E-state index < -0.39 is 0 Å². The summed E-state index contributed by atoms with van der Waals surface area (Å²) < 4.78 is 1.86. The minimum atomic E-state index is -0.103. The van der Waals surface area contributed by atoms with Crippen LogP contribution in [-0.2, 0) is 17.8 Å². The quantitative estimate of drug-likeness (QED) is 0.806. The van der Waals surface area contributed by atoms with Gasteiger partial charge in [0.1, 0.15) is 12.4 Å². The highest BCUT2D eigenvalue weighted by Gasteiger charge is 2.08. The second-order valence-corrected chi connectivity index (χ2v) is 4.36. The molecule has 5 heteroatoms. The van der Waals surface area contributed by atoms with Gasteiger partial charge in [-0.3, -0.25) is 4.79 Å². The summed E-state index contributed by atoms with van der Waals surface area (Å²) in [5.41, 5.74) is 6.99. The number of carbonyl (C=O) groups is 1. The van der Waals surface area contributed by atoms with Crippen LogP contribution in [0.15, 0.2) is 36.7 Å². The summed E-state index contributed by atoms with van der Waals surface area (Å²) in [6.07, 6.45) is 5.41. The number of nitrogen functional groups attached to an aromatic ring is 1. The lowest BCUT2D eigenvalue weighted by Crippen LogP contribution is -2.20. The lowest BCUT2D eigenvalue weighted by molar-refractivity contribution is -0.116. The lowest BCUT2D eigenvalue weighted by Gasteiger charge is -2.10. The number of para-hydroxylation sites is 2. The fourth-order valence-corrected chi connectivity index (χ4v) is 1.89. The van der Waals surface area contributed by atoms with E-state index in [1.807, 2.05) is 22.9 Å². The molecule has 0 unspecified atom stereocenters. The molecule has 0 aliphatic carbocycles. The van der Waals surface area contributed by atoms with Crippen molar-refractivity contribution < 1.29 is 4.79 Å². The molecule has 1 heterocycles. The predicted octanol–water partition coefficient (Wildman–Crippen LogP) is 2.06. The number of amides is 1. The smallest absolute Gasteiger partial charge is 0.244 e. The zero-order valence-electron chi connectivity index (χ0n) is 11.0. The normalized spacial score (nSPS) is 10.4. The van der Waals surface area contributed by atoms with Crippen molar-refractivity contribution in [3.63, 3.8) is 0 Å². The summed E-state index contributed by atoms with van der Waals surface area (Å²) >= 11 is 0. The summed E-state index contributed by atoms with van der Waals surface area (Å²) in [5, 5.41) is 2.81. The molecule has 100 valence electrons. The van der Waals surface area contributed by atoms with E-state index in [9.17, 15) is 4.79 Å². The van der Waals surface area contributed by atoms with Gasteiger partial charge in [0.15, 0.2) is 0 Å². The number of nitrogens with one attached hydrogen (secondary N) is 1. The molecule has 0 aliphatic rings. The van der Waals surface area contributed by atoms with Crippen molar-refractivity contribution in [1.82, 2.24) is 9.55 Å². The number of benzene rings is 1. The average Bonchev–Trinajstić information content (AvgIpc) is 2.80. The standard InChI is InChI=1S/C14H18N4O/c1-2-5-13-16-8-9-18(13)10-14(19)17-12-7-4-3-6-11(12)15/h3-4,6-9H,2,5,10,15H2,1H3,(H,17,19). The molecule has 0 saturated carbocycles. The van der Waals surface area contributed by atoms with Gasteiger partial charge in [0.25, 0.3) is 0 Å². The molecule has 0 bridgehead atoms. The Balaban J connectivity index is 2.02. The van der Waals surface area contributed by atoms with Crippen LogP contribution in [0.2, 0.25) is 0 Å². The van der Waals surface area contributed by atoms with Crippen LogP contribution < -0.4 is 11.1 Å². The Morgan fingerprint density at radius 3 is 2.95 bits per heavy atom. The largest absolute Gasteiger partial charge is 0.397 e. The lowest BCUT2D eigenvalue weighted by atomic mass is 10.2. The van der Waals surface area contributed by atoms with E-state index in [0.717, 1.165) is 18.7 Å². The van der Waals surface area contributed by atoms with Crippen molar-refractivity contribution in [3.05, 3.63) is 42.5 Å². The van der Waals surface area contributed by atoms with E-state index in [2.05, 4.69) is 17.2 Å². The predicted molar refractivity (Wildman–Crippen MR) is 75.7 cm³/mol. The first-order valence-electron chi connectivity index (χ1n) is 6.35. The number of hydrogen-bond donors (Lipinski definition) is 2. The van der Waals surface area contributed by atoms with Crippen LogP contribution >= 0.6 is 0 Å². The van der Waals surface area contributed by atoms with Gasteiger partial charge in [0.05, 0.1) is 11.4 Å². The molecule has 5 nitrogen and oxygen atoms in total. The third-order valence-corrected chi connectivity index (χ3v) is 2.82. The fourth-order valence-electron chi connectivity index (χ4n) is 1.89. The first-order chi connectivity index (χ1) is 9.20. The monoisotopic (exact) mass is 258 g/mol. The van der Waals surface area contributed by atoms with Crippen molar-refractivity contribution >= 4 is 17.3 Å². The van der Waals surface area contributed by atoms with Gasteiger partial charge >= 0.3 is 0 Å². The number of aromatic nitrogens is 2. The van der Waals surface area contributed by atoms with Gasteiger partial charge in [0, 0.05) is 18.8 Å². The molecule has 0 spiro atoms. The molecule has 0 aliphatic heterocycles. The third-order valence-electron chi connectivity index (χ3n) is 2.82.